The number of nitrogens with one attached hydrogen (secondary N) is 2. The zero-order valence-corrected chi connectivity index (χ0v) is 5.56. The maximum absolute atomic E-state index is 4.95. The molecule has 0 bridgehead atoms. The van der Waals surface area contributed by atoms with Crippen LogP contribution in [0.5, 0.6) is 0 Å². The van der Waals surface area contributed by atoms with Gasteiger partial charge in [-0.2, -0.15) is 0 Å². The molecule has 8 heavy (non-hydrogen) atoms. The Kier molecular flexibility index (Phi) is 4.89. The van der Waals surface area contributed by atoms with E-state index < -0.39 is 0 Å². The highest BCUT2D eigenvalue weighted by Gasteiger charge is 1.91. The highest BCUT2D eigenvalue weighted by atomic mass is 16.7. The average Bonchev–Trinajstić information content (AvgIpc) is 1.83. The van der Waals surface area contributed by atoms with Crippen molar-refractivity contribution in [3.63, 3.8) is 0 Å². The third kappa shape index (κ3) is 2.92. The van der Waals surface area contributed by atoms with Crippen molar-refractivity contribution in [2.24, 2.45) is 0 Å². The van der Waals surface area contributed by atoms with Crippen LogP contribution in [-0.4, -0.2) is 26.0 Å². The Morgan fingerprint density at radius 1 is 1.38 bits per heavy atom. The molecule has 0 rings (SSSR count). The van der Waals surface area contributed by atoms with Gasteiger partial charge in [0, 0.05) is 14.1 Å². The van der Waals surface area contributed by atoms with E-state index in [1.54, 1.807) is 14.1 Å². The monoisotopic (exact) mass is 119 g/mol. The van der Waals surface area contributed by atoms with Crippen LogP contribution in [0.2, 0.25) is 0 Å². The molecule has 0 fully saturated rings. The summed E-state index contributed by atoms with van der Waals surface area (Å²) >= 11 is 0. The van der Waals surface area contributed by atoms with Gasteiger partial charge in [-0.05, 0) is 6.92 Å². The van der Waals surface area contributed by atoms with Gasteiger partial charge in [0.2, 0.25) is 0 Å². The first-order chi connectivity index (χ1) is 3.85. The van der Waals surface area contributed by atoms with Gasteiger partial charge in [0.1, 0.15) is 0 Å². The summed E-state index contributed by atoms with van der Waals surface area (Å²) in [6.45, 7) is 2.57. The third-order valence-corrected chi connectivity index (χ3v) is 0.664. The van der Waals surface area contributed by atoms with Crippen molar-refractivity contribution in [3.8, 4) is 0 Å². The van der Waals surface area contributed by atoms with Gasteiger partial charge < -0.3 is 0 Å². The second-order valence-electron chi connectivity index (χ2n) is 1.16. The number of nitrogens with zero attached hydrogens (tertiary/aromatic N) is 1. The average molecular weight is 119 g/mol. The molecule has 0 amide bonds. The molecule has 50 valence electrons. The Labute approximate surface area is 49.7 Å². The molecule has 0 aromatic rings. The summed E-state index contributed by atoms with van der Waals surface area (Å²) in [5.74, 6) is 0. The Balaban J connectivity index is 3.07. The van der Waals surface area contributed by atoms with Gasteiger partial charge in [-0.3, -0.25) is 4.84 Å². The van der Waals surface area contributed by atoms with Gasteiger partial charge >= 0.3 is 0 Å². The molecule has 0 aromatic carbocycles. The maximum Gasteiger partial charge on any atom is 0.0688 e. The van der Waals surface area contributed by atoms with Crippen molar-refractivity contribution in [1.29, 1.82) is 0 Å². The molecular formula is C4H13N3O. The summed E-state index contributed by atoms with van der Waals surface area (Å²) in [6.07, 6.45) is 0. The van der Waals surface area contributed by atoms with Gasteiger partial charge in [0.05, 0.1) is 6.61 Å². The SMILES string of the molecule is CCON(NC)NC. The topological polar surface area (TPSA) is 36.5 Å². The Hall–Kier alpha value is -0.160. The molecule has 2 N–H and O–H groups in total. The highest BCUT2D eigenvalue weighted by Crippen LogP contribution is 1.72. The van der Waals surface area contributed by atoms with Crippen molar-refractivity contribution in [2.45, 2.75) is 6.92 Å². The minimum Gasteiger partial charge on any atom is -0.270 e. The van der Waals surface area contributed by atoms with Crippen LogP contribution in [0.4, 0.5) is 0 Å². The molecule has 0 aliphatic carbocycles. The maximum atomic E-state index is 4.95. The minimum atomic E-state index is 0.654. The van der Waals surface area contributed by atoms with Crippen molar-refractivity contribution < 1.29 is 4.84 Å². The fourth-order valence-corrected chi connectivity index (χ4v) is 0.370. The normalized spacial score (nSPS) is 10.5. The summed E-state index contributed by atoms with van der Waals surface area (Å²) in [5, 5.41) is 1.43. The summed E-state index contributed by atoms with van der Waals surface area (Å²) in [6, 6.07) is 0. The van der Waals surface area contributed by atoms with Crippen LogP contribution in [0.3, 0.4) is 0 Å². The van der Waals surface area contributed by atoms with E-state index in [9.17, 15) is 0 Å². The summed E-state index contributed by atoms with van der Waals surface area (Å²) in [4.78, 5) is 4.95. The molecule has 4 heteroatoms. The van der Waals surface area contributed by atoms with E-state index in [4.69, 9.17) is 4.84 Å². The molecule has 0 aliphatic rings. The predicted octanol–water partition coefficient (Wildman–Crippen LogP) is -0.491. The van der Waals surface area contributed by atoms with Crippen LogP contribution in [0.1, 0.15) is 6.92 Å². The van der Waals surface area contributed by atoms with E-state index in [1.807, 2.05) is 6.92 Å². The van der Waals surface area contributed by atoms with Crippen LogP contribution >= 0.6 is 0 Å². The molecule has 0 atom stereocenters. The van der Waals surface area contributed by atoms with Gasteiger partial charge in [-0.1, -0.05) is 5.28 Å². The summed E-state index contributed by atoms with van der Waals surface area (Å²) < 4.78 is 0. The summed E-state index contributed by atoms with van der Waals surface area (Å²) in [5.41, 5.74) is 5.51. The first-order valence-corrected chi connectivity index (χ1v) is 2.63. The smallest absolute Gasteiger partial charge is 0.0688 e. The first-order valence-electron chi connectivity index (χ1n) is 2.63. The van der Waals surface area contributed by atoms with Crippen molar-refractivity contribution in [1.82, 2.24) is 16.1 Å². The lowest BCUT2D eigenvalue weighted by atomic mass is 10.9. The standard InChI is InChI=1S/C4H13N3O/c1-4-8-7(5-2)6-3/h5-6H,4H2,1-3H3. The van der Waals surface area contributed by atoms with Crippen LogP contribution in [-0.2, 0) is 4.84 Å². The largest absolute Gasteiger partial charge is 0.270 e. The van der Waals surface area contributed by atoms with E-state index in [0.29, 0.717) is 6.61 Å². The molecule has 0 spiro atoms. The van der Waals surface area contributed by atoms with Crippen molar-refractivity contribution >= 4 is 0 Å². The molecule has 0 saturated carbocycles. The van der Waals surface area contributed by atoms with Crippen LogP contribution in [0.15, 0.2) is 0 Å². The fraction of sp³-hybridized carbons (Fsp3) is 1.00. The zero-order valence-electron chi connectivity index (χ0n) is 5.56. The third-order valence-electron chi connectivity index (χ3n) is 0.664. The second-order valence-corrected chi connectivity index (χ2v) is 1.16. The Morgan fingerprint density at radius 3 is 2.00 bits per heavy atom. The number of rotatable bonds is 4. The van der Waals surface area contributed by atoms with Gasteiger partial charge in [-0.25, -0.2) is 10.9 Å². The molecule has 0 heterocycles. The van der Waals surface area contributed by atoms with Crippen LogP contribution < -0.4 is 10.9 Å². The lowest BCUT2D eigenvalue weighted by Gasteiger charge is -2.16. The van der Waals surface area contributed by atoms with Gasteiger partial charge in [0.25, 0.3) is 0 Å². The van der Waals surface area contributed by atoms with E-state index in [-0.39, 0.29) is 0 Å². The molecule has 4 nitrogen and oxygen atoms in total. The quantitative estimate of drug-likeness (QED) is 0.489. The van der Waals surface area contributed by atoms with Gasteiger partial charge in [-0.15, -0.1) is 0 Å². The van der Waals surface area contributed by atoms with Crippen molar-refractivity contribution in [3.05, 3.63) is 0 Å². The first kappa shape index (κ1) is 7.84. The Bertz CT molecular complexity index is 46.5. The Morgan fingerprint density at radius 2 is 1.88 bits per heavy atom. The highest BCUT2D eigenvalue weighted by molar-refractivity contribution is 4.11. The zero-order chi connectivity index (χ0) is 6.41. The summed E-state index contributed by atoms with van der Waals surface area (Å²) in [7, 11) is 3.54. The molecule has 0 aromatic heterocycles. The lowest BCUT2D eigenvalue weighted by molar-refractivity contribution is -0.219. The molecule has 0 radical (unpaired) electrons. The minimum absolute atomic E-state index is 0.654. The molecule has 0 aliphatic heterocycles. The number of hydrazine groups is 2. The van der Waals surface area contributed by atoms with Crippen molar-refractivity contribution in [2.75, 3.05) is 20.7 Å². The molecule has 0 unspecified atom stereocenters. The number of hydrogen-bond donors (Lipinski definition) is 2. The lowest BCUT2D eigenvalue weighted by Crippen LogP contribution is -2.43. The number of hydrogen-bond acceptors (Lipinski definition) is 4. The van der Waals surface area contributed by atoms with E-state index in [1.165, 1.54) is 5.28 Å². The fourth-order valence-electron chi connectivity index (χ4n) is 0.370. The predicted molar refractivity (Wildman–Crippen MR) is 31.6 cm³/mol. The van der Waals surface area contributed by atoms with Crippen LogP contribution in [0.25, 0.3) is 0 Å². The molecule has 0 saturated heterocycles. The van der Waals surface area contributed by atoms with Crippen LogP contribution in [0, 0.1) is 0 Å². The van der Waals surface area contributed by atoms with E-state index >= 15 is 0 Å². The molecular weight excluding hydrogens is 106 g/mol. The van der Waals surface area contributed by atoms with E-state index in [0.717, 1.165) is 0 Å². The van der Waals surface area contributed by atoms with Gasteiger partial charge in [0.15, 0.2) is 0 Å². The second kappa shape index (κ2) is 4.99. The van der Waals surface area contributed by atoms with E-state index in [2.05, 4.69) is 10.9 Å².